The molecule has 1 heterocycles. The van der Waals surface area contributed by atoms with Gasteiger partial charge in [0.2, 0.25) is 6.10 Å². The van der Waals surface area contributed by atoms with E-state index in [0.29, 0.717) is 5.92 Å². The van der Waals surface area contributed by atoms with E-state index in [-0.39, 0.29) is 17.7 Å². The van der Waals surface area contributed by atoms with Crippen LogP contribution < -0.4 is 0 Å². The van der Waals surface area contributed by atoms with Gasteiger partial charge in [0.05, 0.1) is 5.60 Å². The largest absolute Gasteiger partial charge is 0.447 e. The summed E-state index contributed by atoms with van der Waals surface area (Å²) in [6, 6.07) is 0. The minimum Gasteiger partial charge on any atom is -0.447 e. The first-order valence-corrected chi connectivity index (χ1v) is 6.80. The van der Waals surface area contributed by atoms with E-state index in [9.17, 15) is 4.79 Å². The third kappa shape index (κ3) is 3.98. The van der Waals surface area contributed by atoms with Crippen molar-refractivity contribution in [2.75, 3.05) is 6.61 Å². The average Bonchev–Trinajstić information content (AvgIpc) is 2.77. The van der Waals surface area contributed by atoms with E-state index in [1.54, 1.807) is 0 Å². The second-order valence-corrected chi connectivity index (χ2v) is 6.40. The number of carbonyl (C=O) groups is 1. The Bertz CT molecular complexity index is 280. The second kappa shape index (κ2) is 4.97. The molecule has 1 aliphatic heterocycles. The molecular weight excluding hydrogens is 216 g/mol. The number of cyclic esters (lactones) is 1. The lowest BCUT2D eigenvalue weighted by Gasteiger charge is -2.20. The Morgan fingerprint density at radius 3 is 2.65 bits per heavy atom. The van der Waals surface area contributed by atoms with Crippen molar-refractivity contribution in [3.05, 3.63) is 0 Å². The summed E-state index contributed by atoms with van der Waals surface area (Å²) in [4.78, 5) is 10.9. The number of epoxide rings is 1. The van der Waals surface area contributed by atoms with Crippen molar-refractivity contribution in [2.45, 2.75) is 64.6 Å². The molecule has 98 valence electrons. The maximum Gasteiger partial charge on any atom is 0.348 e. The summed E-state index contributed by atoms with van der Waals surface area (Å²) in [5.74, 6) is 1.31. The van der Waals surface area contributed by atoms with Gasteiger partial charge in [0.1, 0.15) is 0 Å². The molecule has 3 unspecified atom stereocenters. The molecule has 1 aliphatic carbocycles. The number of rotatable bonds is 5. The lowest BCUT2D eigenvalue weighted by atomic mass is 9.98. The highest BCUT2D eigenvalue weighted by molar-refractivity contribution is 5.87. The van der Waals surface area contributed by atoms with Crippen molar-refractivity contribution in [1.29, 1.82) is 0 Å². The molecule has 3 atom stereocenters. The van der Waals surface area contributed by atoms with Crippen molar-refractivity contribution < 1.29 is 14.3 Å². The van der Waals surface area contributed by atoms with Crippen LogP contribution in [0, 0.1) is 11.8 Å². The Morgan fingerprint density at radius 1 is 1.35 bits per heavy atom. The number of ether oxygens (including phenoxy) is 2. The van der Waals surface area contributed by atoms with Gasteiger partial charge in [-0.25, -0.2) is 4.79 Å². The number of hydrogen-bond donors (Lipinski definition) is 0. The normalized spacial score (nSPS) is 32.6. The van der Waals surface area contributed by atoms with Crippen LogP contribution in [0.4, 0.5) is 0 Å². The van der Waals surface area contributed by atoms with Crippen LogP contribution in [0.3, 0.4) is 0 Å². The second-order valence-electron chi connectivity index (χ2n) is 6.40. The van der Waals surface area contributed by atoms with Gasteiger partial charge in [-0.3, -0.25) is 0 Å². The summed E-state index contributed by atoms with van der Waals surface area (Å²) in [6.45, 7) is 7.13. The van der Waals surface area contributed by atoms with E-state index in [4.69, 9.17) is 9.47 Å². The molecule has 0 aromatic rings. The Kier molecular flexibility index (Phi) is 3.76. The van der Waals surface area contributed by atoms with Gasteiger partial charge in [0.25, 0.3) is 0 Å². The molecule has 2 aliphatic rings. The minimum atomic E-state index is -0.0363. The quantitative estimate of drug-likeness (QED) is 0.548. The molecule has 0 N–H and O–H groups in total. The molecule has 0 spiro atoms. The average molecular weight is 240 g/mol. The first-order chi connectivity index (χ1) is 7.96. The fourth-order valence-electron chi connectivity index (χ4n) is 2.78. The molecule has 0 radical (unpaired) electrons. The lowest BCUT2D eigenvalue weighted by Crippen LogP contribution is -2.20. The summed E-state index contributed by atoms with van der Waals surface area (Å²) >= 11 is 0. The zero-order chi connectivity index (χ0) is 12.5. The van der Waals surface area contributed by atoms with E-state index in [0.717, 1.165) is 18.9 Å². The zero-order valence-corrected chi connectivity index (χ0v) is 11.2. The van der Waals surface area contributed by atoms with E-state index in [1.807, 2.05) is 0 Å². The van der Waals surface area contributed by atoms with Gasteiger partial charge in [-0.05, 0) is 52.4 Å². The SMILES string of the molecule is CC(C)(C)OCCCC1CCC(C2OC2=O)C1. The Morgan fingerprint density at radius 2 is 2.06 bits per heavy atom. The zero-order valence-electron chi connectivity index (χ0n) is 11.2. The van der Waals surface area contributed by atoms with Gasteiger partial charge >= 0.3 is 5.97 Å². The van der Waals surface area contributed by atoms with Crippen LogP contribution in [-0.4, -0.2) is 24.3 Å². The Balaban J connectivity index is 1.57. The lowest BCUT2D eigenvalue weighted by molar-refractivity contribution is -0.117. The summed E-state index contributed by atoms with van der Waals surface area (Å²) in [5, 5.41) is 0. The van der Waals surface area contributed by atoms with Crippen LogP contribution in [0.15, 0.2) is 0 Å². The summed E-state index contributed by atoms with van der Waals surface area (Å²) in [6.07, 6.45) is 5.92. The standard InChI is InChI=1S/C14H24O3/c1-14(2,3)16-8-4-5-10-6-7-11(9-10)12-13(15)17-12/h10-12H,4-9H2,1-3H3. The fraction of sp³-hybridized carbons (Fsp3) is 0.929. The molecule has 3 heteroatoms. The molecule has 17 heavy (non-hydrogen) atoms. The van der Waals surface area contributed by atoms with E-state index >= 15 is 0 Å². The van der Waals surface area contributed by atoms with Crippen LogP contribution in [0.1, 0.15) is 52.9 Å². The third-order valence-corrected chi connectivity index (χ3v) is 3.72. The molecule has 0 amide bonds. The predicted molar refractivity (Wildman–Crippen MR) is 65.7 cm³/mol. The molecule has 1 saturated carbocycles. The van der Waals surface area contributed by atoms with Gasteiger partial charge in [-0.2, -0.15) is 0 Å². The van der Waals surface area contributed by atoms with Crippen molar-refractivity contribution in [3.8, 4) is 0 Å². The van der Waals surface area contributed by atoms with Crippen LogP contribution in [0.5, 0.6) is 0 Å². The maximum atomic E-state index is 10.9. The first-order valence-electron chi connectivity index (χ1n) is 6.80. The fourth-order valence-corrected chi connectivity index (χ4v) is 2.78. The van der Waals surface area contributed by atoms with E-state index in [2.05, 4.69) is 20.8 Å². The summed E-state index contributed by atoms with van der Waals surface area (Å²) in [5.41, 5.74) is -0.0213. The molecule has 2 rings (SSSR count). The maximum absolute atomic E-state index is 10.9. The van der Waals surface area contributed by atoms with Crippen LogP contribution in [0.2, 0.25) is 0 Å². The van der Waals surface area contributed by atoms with Crippen LogP contribution in [0.25, 0.3) is 0 Å². The smallest absolute Gasteiger partial charge is 0.348 e. The number of hydrogen-bond acceptors (Lipinski definition) is 3. The van der Waals surface area contributed by atoms with Gasteiger partial charge in [0, 0.05) is 12.5 Å². The van der Waals surface area contributed by atoms with E-state index in [1.165, 1.54) is 25.7 Å². The van der Waals surface area contributed by atoms with Gasteiger partial charge < -0.3 is 9.47 Å². The van der Waals surface area contributed by atoms with Crippen molar-refractivity contribution in [3.63, 3.8) is 0 Å². The predicted octanol–water partition coefficient (Wildman–Crippen LogP) is 2.92. The van der Waals surface area contributed by atoms with Crippen molar-refractivity contribution in [2.24, 2.45) is 11.8 Å². The number of carbonyl (C=O) groups excluding carboxylic acids is 1. The van der Waals surface area contributed by atoms with Gasteiger partial charge in [-0.15, -0.1) is 0 Å². The Labute approximate surface area is 104 Å². The molecule has 1 saturated heterocycles. The van der Waals surface area contributed by atoms with Gasteiger partial charge in [0.15, 0.2) is 0 Å². The highest BCUT2D eigenvalue weighted by Gasteiger charge is 2.47. The monoisotopic (exact) mass is 240 g/mol. The van der Waals surface area contributed by atoms with Crippen molar-refractivity contribution >= 4 is 5.97 Å². The molecule has 0 aromatic carbocycles. The van der Waals surface area contributed by atoms with E-state index < -0.39 is 0 Å². The Hall–Kier alpha value is -0.570. The van der Waals surface area contributed by atoms with Crippen LogP contribution in [-0.2, 0) is 14.3 Å². The highest BCUT2D eigenvalue weighted by atomic mass is 16.6. The highest BCUT2D eigenvalue weighted by Crippen LogP contribution is 2.40. The topological polar surface area (TPSA) is 38.8 Å². The third-order valence-electron chi connectivity index (χ3n) is 3.72. The summed E-state index contributed by atoms with van der Waals surface area (Å²) < 4.78 is 10.7. The minimum absolute atomic E-state index is 0.0201. The molecular formula is C14H24O3. The van der Waals surface area contributed by atoms with Crippen molar-refractivity contribution in [1.82, 2.24) is 0 Å². The molecule has 2 fully saturated rings. The van der Waals surface area contributed by atoms with Crippen LogP contribution >= 0.6 is 0 Å². The molecule has 0 aromatic heterocycles. The summed E-state index contributed by atoms with van der Waals surface area (Å²) in [7, 11) is 0. The molecule has 0 bridgehead atoms. The van der Waals surface area contributed by atoms with Gasteiger partial charge in [-0.1, -0.05) is 6.42 Å². The first kappa shape index (κ1) is 12.9. The molecule has 3 nitrogen and oxygen atoms in total.